The smallest absolute Gasteiger partial charge is 0.241 e. The largest absolute Gasteiger partial charge is 0.348 e. The van der Waals surface area contributed by atoms with Crippen LogP contribution in [0.1, 0.15) is 36.1 Å². The Kier molecular flexibility index (Phi) is 5.51. The summed E-state index contributed by atoms with van der Waals surface area (Å²) >= 11 is 0. The number of carbonyl (C=O) groups excluding carboxylic acids is 1. The van der Waals surface area contributed by atoms with E-state index in [2.05, 4.69) is 17.4 Å². The number of anilines is 1. The Balaban J connectivity index is 1.71. The molecule has 0 heterocycles. The fourth-order valence-electron chi connectivity index (χ4n) is 3.37. The lowest BCUT2D eigenvalue weighted by molar-refractivity contribution is -0.120. The average molecular weight is 390 g/mol. The van der Waals surface area contributed by atoms with Gasteiger partial charge in [0.25, 0.3) is 0 Å². The maximum Gasteiger partial charge on any atom is 0.241 e. The van der Waals surface area contributed by atoms with E-state index in [-0.39, 0.29) is 18.3 Å². The molecule has 1 aliphatic carbocycles. The minimum Gasteiger partial charge on any atom is -0.348 e. The van der Waals surface area contributed by atoms with Crippen LogP contribution >= 0.6 is 0 Å². The maximum atomic E-state index is 13.1. The number of hydrogen-bond donors (Lipinski definition) is 1. The Morgan fingerprint density at radius 3 is 2.48 bits per heavy atom. The molecule has 0 saturated carbocycles. The zero-order valence-electron chi connectivity index (χ0n) is 15.4. The van der Waals surface area contributed by atoms with E-state index in [1.54, 1.807) is 0 Å². The van der Waals surface area contributed by atoms with Crippen molar-refractivity contribution in [2.45, 2.75) is 32.2 Å². The summed E-state index contributed by atoms with van der Waals surface area (Å²) in [5, 5.41) is 2.85. The molecule has 0 fully saturated rings. The molecule has 0 aromatic heterocycles. The minimum absolute atomic E-state index is 0.238. The number of benzene rings is 2. The van der Waals surface area contributed by atoms with Gasteiger partial charge in [0.1, 0.15) is 12.4 Å². The number of carbonyl (C=O) groups is 1. The average Bonchev–Trinajstić information content (AvgIpc) is 3.07. The first-order valence-electron chi connectivity index (χ1n) is 8.88. The number of nitrogens with one attached hydrogen (secondary N) is 1. The number of aryl methyl sites for hydroxylation is 2. The third kappa shape index (κ3) is 4.66. The number of rotatable bonds is 6. The molecule has 0 bridgehead atoms. The lowest BCUT2D eigenvalue weighted by atomic mass is 10.0. The van der Waals surface area contributed by atoms with E-state index < -0.39 is 21.7 Å². The third-order valence-electron chi connectivity index (χ3n) is 4.80. The normalized spacial score (nSPS) is 14.5. The second-order valence-electron chi connectivity index (χ2n) is 6.92. The fraction of sp³-hybridized carbons (Fsp3) is 0.350. The van der Waals surface area contributed by atoms with Crippen molar-refractivity contribution in [2.24, 2.45) is 0 Å². The van der Waals surface area contributed by atoms with Crippen LogP contribution in [-0.2, 0) is 27.7 Å². The standard InChI is InChI=1S/C20H23FN2O3S/c1-14(16-7-6-15-4-3-5-17(15)12-16)22-20(24)13-23(27(2,25)26)19-10-8-18(21)9-11-19/h6-12,14H,3-5,13H2,1-2H3,(H,22,24)/t14-/m1/s1. The van der Waals surface area contributed by atoms with Crippen molar-refractivity contribution in [1.82, 2.24) is 5.32 Å². The Hall–Kier alpha value is -2.41. The molecule has 0 aliphatic heterocycles. The van der Waals surface area contributed by atoms with Gasteiger partial charge in [0, 0.05) is 0 Å². The van der Waals surface area contributed by atoms with Crippen LogP contribution in [0.4, 0.5) is 10.1 Å². The van der Waals surface area contributed by atoms with Gasteiger partial charge in [-0.25, -0.2) is 12.8 Å². The molecule has 27 heavy (non-hydrogen) atoms. The molecule has 2 aromatic carbocycles. The summed E-state index contributed by atoms with van der Waals surface area (Å²) in [6.07, 6.45) is 4.32. The Labute approximate surface area is 159 Å². The number of amides is 1. The number of halogens is 1. The zero-order chi connectivity index (χ0) is 19.6. The molecule has 3 rings (SSSR count). The van der Waals surface area contributed by atoms with Crippen molar-refractivity contribution in [1.29, 1.82) is 0 Å². The first-order chi connectivity index (χ1) is 12.7. The monoisotopic (exact) mass is 390 g/mol. The highest BCUT2D eigenvalue weighted by Crippen LogP contribution is 2.25. The Morgan fingerprint density at radius 1 is 1.15 bits per heavy atom. The second-order valence-corrected chi connectivity index (χ2v) is 8.82. The molecule has 0 radical (unpaired) electrons. The van der Waals surface area contributed by atoms with Gasteiger partial charge in [-0.3, -0.25) is 9.10 Å². The Morgan fingerprint density at radius 2 is 1.81 bits per heavy atom. The third-order valence-corrected chi connectivity index (χ3v) is 5.94. The van der Waals surface area contributed by atoms with E-state index in [1.165, 1.54) is 35.4 Å². The van der Waals surface area contributed by atoms with Crippen LogP contribution in [0.5, 0.6) is 0 Å². The number of fused-ring (bicyclic) bond motifs is 1. The first-order valence-corrected chi connectivity index (χ1v) is 10.7. The van der Waals surface area contributed by atoms with E-state index in [1.807, 2.05) is 13.0 Å². The number of nitrogens with zero attached hydrogens (tertiary/aromatic N) is 1. The van der Waals surface area contributed by atoms with E-state index in [4.69, 9.17) is 0 Å². The summed E-state index contributed by atoms with van der Waals surface area (Å²) in [6, 6.07) is 11.0. The number of hydrogen-bond acceptors (Lipinski definition) is 3. The molecule has 0 unspecified atom stereocenters. The van der Waals surface area contributed by atoms with Crippen molar-refractivity contribution >= 4 is 21.6 Å². The van der Waals surface area contributed by atoms with Crippen LogP contribution in [0.25, 0.3) is 0 Å². The Bertz CT molecular complexity index is 942. The van der Waals surface area contributed by atoms with Crippen molar-refractivity contribution in [3.8, 4) is 0 Å². The van der Waals surface area contributed by atoms with Crippen LogP contribution in [0.3, 0.4) is 0 Å². The van der Waals surface area contributed by atoms with Crippen LogP contribution < -0.4 is 9.62 Å². The first kappa shape index (κ1) is 19.4. The molecule has 5 nitrogen and oxygen atoms in total. The summed E-state index contributed by atoms with van der Waals surface area (Å²) in [5.41, 5.74) is 3.92. The lowest BCUT2D eigenvalue weighted by Crippen LogP contribution is -2.41. The predicted octanol–water partition coefficient (Wildman–Crippen LogP) is 2.96. The van der Waals surface area contributed by atoms with E-state index >= 15 is 0 Å². The summed E-state index contributed by atoms with van der Waals surface area (Å²) in [4.78, 5) is 12.5. The van der Waals surface area contributed by atoms with E-state index in [0.29, 0.717) is 0 Å². The van der Waals surface area contributed by atoms with Gasteiger partial charge >= 0.3 is 0 Å². The van der Waals surface area contributed by atoms with Crippen LogP contribution in [0.2, 0.25) is 0 Å². The van der Waals surface area contributed by atoms with Gasteiger partial charge in [-0.05, 0) is 67.1 Å². The zero-order valence-corrected chi connectivity index (χ0v) is 16.2. The van der Waals surface area contributed by atoms with Gasteiger partial charge in [-0.15, -0.1) is 0 Å². The summed E-state index contributed by atoms with van der Waals surface area (Å²) in [5.74, 6) is -0.889. The summed E-state index contributed by atoms with van der Waals surface area (Å²) in [7, 11) is -3.68. The lowest BCUT2D eigenvalue weighted by Gasteiger charge is -2.23. The predicted molar refractivity (Wildman–Crippen MR) is 104 cm³/mol. The molecule has 1 atom stereocenters. The van der Waals surface area contributed by atoms with Crippen molar-refractivity contribution < 1.29 is 17.6 Å². The molecule has 2 aromatic rings. The molecule has 0 spiro atoms. The van der Waals surface area contributed by atoms with E-state index in [9.17, 15) is 17.6 Å². The van der Waals surface area contributed by atoms with Gasteiger partial charge in [0.2, 0.25) is 15.9 Å². The van der Waals surface area contributed by atoms with Gasteiger partial charge in [0.05, 0.1) is 18.0 Å². The van der Waals surface area contributed by atoms with Crippen LogP contribution in [0, 0.1) is 5.82 Å². The molecule has 7 heteroatoms. The second kappa shape index (κ2) is 7.68. The highest BCUT2D eigenvalue weighted by atomic mass is 32.2. The number of sulfonamides is 1. The maximum absolute atomic E-state index is 13.1. The van der Waals surface area contributed by atoms with Gasteiger partial charge < -0.3 is 5.32 Å². The van der Waals surface area contributed by atoms with Gasteiger partial charge in [-0.2, -0.15) is 0 Å². The molecule has 1 aliphatic rings. The van der Waals surface area contributed by atoms with Crippen molar-refractivity contribution in [2.75, 3.05) is 17.1 Å². The van der Waals surface area contributed by atoms with Crippen LogP contribution in [-0.4, -0.2) is 27.1 Å². The summed E-state index contributed by atoms with van der Waals surface area (Å²) in [6.45, 7) is 1.51. The van der Waals surface area contributed by atoms with Crippen LogP contribution in [0.15, 0.2) is 42.5 Å². The summed E-state index contributed by atoms with van der Waals surface area (Å²) < 4.78 is 38.3. The van der Waals surface area contributed by atoms with Crippen molar-refractivity contribution in [3.05, 3.63) is 65.0 Å². The fourth-order valence-corrected chi connectivity index (χ4v) is 4.23. The van der Waals surface area contributed by atoms with E-state index in [0.717, 1.165) is 35.4 Å². The van der Waals surface area contributed by atoms with Crippen molar-refractivity contribution in [3.63, 3.8) is 0 Å². The molecule has 144 valence electrons. The molecular formula is C20H23FN2O3S. The quantitative estimate of drug-likeness (QED) is 0.825. The topological polar surface area (TPSA) is 66.5 Å². The molecular weight excluding hydrogens is 367 g/mol. The highest BCUT2D eigenvalue weighted by molar-refractivity contribution is 7.92. The molecule has 0 saturated heterocycles. The SMILES string of the molecule is C[C@@H](NC(=O)CN(c1ccc(F)cc1)S(C)(=O)=O)c1ccc2c(c1)CCC2. The molecule has 1 N–H and O–H groups in total. The molecule has 1 amide bonds. The van der Waals surface area contributed by atoms with Gasteiger partial charge in [-0.1, -0.05) is 18.2 Å². The highest BCUT2D eigenvalue weighted by Gasteiger charge is 2.22. The van der Waals surface area contributed by atoms with Gasteiger partial charge in [0.15, 0.2) is 0 Å². The minimum atomic E-state index is -3.68.